The average molecular weight is 248 g/mol. The van der Waals surface area contributed by atoms with Crippen molar-refractivity contribution in [1.29, 1.82) is 0 Å². The third kappa shape index (κ3) is 1.38. The highest BCUT2D eigenvalue weighted by atomic mass is 16.6. The number of cyclic esters (lactones) is 1. The largest absolute Gasteiger partial charge is 0.472 e. The molecule has 3 atom stereocenters. The molecule has 96 valence electrons. The van der Waals surface area contributed by atoms with Crippen molar-refractivity contribution in [2.75, 3.05) is 0 Å². The van der Waals surface area contributed by atoms with Gasteiger partial charge in [0.2, 0.25) is 0 Å². The number of hydrogen-bond donors (Lipinski definition) is 1. The van der Waals surface area contributed by atoms with Crippen LogP contribution in [-0.4, -0.2) is 17.2 Å². The van der Waals surface area contributed by atoms with E-state index in [0.717, 1.165) is 17.6 Å². The van der Waals surface area contributed by atoms with Gasteiger partial charge in [-0.1, -0.05) is 6.92 Å². The van der Waals surface area contributed by atoms with Crippen LogP contribution in [0.1, 0.15) is 38.4 Å². The molecule has 3 rings (SSSR count). The Labute approximate surface area is 105 Å². The van der Waals surface area contributed by atoms with Crippen LogP contribution >= 0.6 is 0 Å². The molecular formula is C14H16O4. The minimum absolute atomic E-state index is 0.304. The summed E-state index contributed by atoms with van der Waals surface area (Å²) in [6.07, 6.45) is 3.77. The van der Waals surface area contributed by atoms with Gasteiger partial charge in [-0.25, -0.2) is 4.79 Å². The zero-order valence-corrected chi connectivity index (χ0v) is 10.5. The number of ether oxygens (including phenoxy) is 1. The number of rotatable bonds is 1. The summed E-state index contributed by atoms with van der Waals surface area (Å²) in [7, 11) is 0. The summed E-state index contributed by atoms with van der Waals surface area (Å²) in [5, 5.41) is 9.89. The summed E-state index contributed by atoms with van der Waals surface area (Å²) >= 11 is 0. The number of carbonyl (C=O) groups excluding carboxylic acids is 1. The molecule has 1 aromatic rings. The van der Waals surface area contributed by atoms with Gasteiger partial charge in [-0.15, -0.1) is 0 Å². The molecule has 1 fully saturated rings. The standard InChI is InChI=1S/C14H16O4/c1-8-10(15)3-5-14(2)11(8)13(16)18-12(14)9-4-6-17-7-9/h4,6-7,10,12,15H,3,5H2,1-2H3. The summed E-state index contributed by atoms with van der Waals surface area (Å²) in [4.78, 5) is 12.1. The fraction of sp³-hybridized carbons (Fsp3) is 0.500. The number of furan rings is 1. The zero-order chi connectivity index (χ0) is 12.9. The zero-order valence-electron chi connectivity index (χ0n) is 10.5. The van der Waals surface area contributed by atoms with E-state index in [1.807, 2.05) is 19.9 Å². The summed E-state index contributed by atoms with van der Waals surface area (Å²) in [6, 6.07) is 1.83. The number of carbonyl (C=O) groups is 1. The van der Waals surface area contributed by atoms with Crippen LogP contribution in [0.25, 0.3) is 0 Å². The molecule has 0 saturated carbocycles. The molecule has 18 heavy (non-hydrogen) atoms. The second-order valence-corrected chi connectivity index (χ2v) is 5.37. The Morgan fingerprint density at radius 1 is 1.50 bits per heavy atom. The minimum Gasteiger partial charge on any atom is -0.472 e. The van der Waals surface area contributed by atoms with Gasteiger partial charge in [0.1, 0.15) is 6.10 Å². The molecule has 2 heterocycles. The number of aliphatic hydroxyl groups excluding tert-OH is 1. The Bertz CT molecular complexity index is 514. The van der Waals surface area contributed by atoms with E-state index in [2.05, 4.69) is 0 Å². The van der Waals surface area contributed by atoms with Crippen molar-refractivity contribution in [2.24, 2.45) is 5.41 Å². The van der Waals surface area contributed by atoms with Crippen LogP contribution in [0.3, 0.4) is 0 Å². The summed E-state index contributed by atoms with van der Waals surface area (Å²) in [5.41, 5.74) is 1.92. The topological polar surface area (TPSA) is 59.7 Å². The molecule has 1 aromatic heterocycles. The van der Waals surface area contributed by atoms with Crippen LogP contribution in [-0.2, 0) is 9.53 Å². The molecule has 0 amide bonds. The first-order valence-electron chi connectivity index (χ1n) is 6.16. The molecule has 4 nitrogen and oxygen atoms in total. The van der Waals surface area contributed by atoms with Crippen molar-refractivity contribution >= 4 is 5.97 Å². The monoisotopic (exact) mass is 248 g/mol. The van der Waals surface area contributed by atoms with Crippen molar-refractivity contribution < 1.29 is 19.1 Å². The van der Waals surface area contributed by atoms with Crippen LogP contribution in [0.4, 0.5) is 0 Å². The lowest BCUT2D eigenvalue weighted by molar-refractivity contribution is -0.140. The van der Waals surface area contributed by atoms with E-state index in [4.69, 9.17) is 9.15 Å². The lowest BCUT2D eigenvalue weighted by atomic mass is 9.67. The molecule has 3 unspecified atom stereocenters. The summed E-state index contributed by atoms with van der Waals surface area (Å²) in [6.45, 7) is 3.84. The Morgan fingerprint density at radius 2 is 2.28 bits per heavy atom. The van der Waals surface area contributed by atoms with Gasteiger partial charge in [0.05, 0.1) is 18.6 Å². The minimum atomic E-state index is -0.524. The lowest BCUT2D eigenvalue weighted by Gasteiger charge is -2.35. The maximum absolute atomic E-state index is 12.1. The van der Waals surface area contributed by atoms with Crippen molar-refractivity contribution in [3.63, 3.8) is 0 Å². The SMILES string of the molecule is CC1=C2C(=O)OC(c3ccoc3)C2(C)CCC1O. The fourth-order valence-corrected chi connectivity index (χ4v) is 3.21. The molecule has 0 radical (unpaired) electrons. The van der Waals surface area contributed by atoms with Crippen LogP contribution in [0.2, 0.25) is 0 Å². The number of hydrogen-bond acceptors (Lipinski definition) is 4. The maximum atomic E-state index is 12.1. The van der Waals surface area contributed by atoms with Crippen LogP contribution in [0, 0.1) is 5.41 Å². The van der Waals surface area contributed by atoms with Gasteiger partial charge in [-0.2, -0.15) is 0 Å². The van der Waals surface area contributed by atoms with E-state index < -0.39 is 6.10 Å². The average Bonchev–Trinajstić information content (AvgIpc) is 2.92. The molecule has 2 aliphatic rings. The van der Waals surface area contributed by atoms with Crippen LogP contribution in [0.5, 0.6) is 0 Å². The third-order valence-corrected chi connectivity index (χ3v) is 4.26. The molecule has 1 aliphatic carbocycles. The highest BCUT2D eigenvalue weighted by Crippen LogP contribution is 2.55. The van der Waals surface area contributed by atoms with E-state index in [0.29, 0.717) is 12.0 Å². The number of aliphatic hydroxyl groups is 1. The molecule has 1 N–H and O–H groups in total. The first-order chi connectivity index (χ1) is 8.54. The van der Waals surface area contributed by atoms with E-state index >= 15 is 0 Å². The van der Waals surface area contributed by atoms with Gasteiger partial charge in [0.25, 0.3) is 0 Å². The van der Waals surface area contributed by atoms with E-state index in [-0.39, 0.29) is 17.5 Å². The van der Waals surface area contributed by atoms with Gasteiger partial charge in [0.15, 0.2) is 0 Å². The lowest BCUT2D eigenvalue weighted by Crippen LogP contribution is -2.31. The third-order valence-electron chi connectivity index (χ3n) is 4.26. The number of esters is 1. The molecule has 0 spiro atoms. The van der Waals surface area contributed by atoms with Gasteiger partial charge >= 0.3 is 5.97 Å². The van der Waals surface area contributed by atoms with Crippen molar-refractivity contribution in [1.82, 2.24) is 0 Å². The predicted octanol–water partition coefficient (Wildman–Crippen LogP) is 2.36. The molecular weight excluding hydrogens is 232 g/mol. The van der Waals surface area contributed by atoms with Gasteiger partial charge in [0, 0.05) is 16.6 Å². The molecule has 0 aromatic carbocycles. The Hall–Kier alpha value is -1.55. The predicted molar refractivity (Wildman–Crippen MR) is 63.6 cm³/mol. The van der Waals surface area contributed by atoms with Gasteiger partial charge in [-0.3, -0.25) is 0 Å². The first kappa shape index (κ1) is 11.5. The smallest absolute Gasteiger partial charge is 0.335 e. The van der Waals surface area contributed by atoms with Crippen LogP contribution < -0.4 is 0 Å². The van der Waals surface area contributed by atoms with Crippen molar-refractivity contribution in [2.45, 2.75) is 38.9 Å². The van der Waals surface area contributed by atoms with E-state index in [1.165, 1.54) is 0 Å². The quantitative estimate of drug-likeness (QED) is 0.775. The van der Waals surface area contributed by atoms with Crippen molar-refractivity contribution in [3.05, 3.63) is 35.3 Å². The second kappa shape index (κ2) is 3.72. The van der Waals surface area contributed by atoms with Crippen molar-refractivity contribution in [3.8, 4) is 0 Å². The number of fused-ring (bicyclic) bond motifs is 1. The maximum Gasteiger partial charge on any atom is 0.335 e. The summed E-state index contributed by atoms with van der Waals surface area (Å²) < 4.78 is 10.6. The van der Waals surface area contributed by atoms with E-state index in [1.54, 1.807) is 12.5 Å². The first-order valence-corrected chi connectivity index (χ1v) is 6.16. The van der Waals surface area contributed by atoms with Gasteiger partial charge in [-0.05, 0) is 31.4 Å². The molecule has 1 aliphatic heterocycles. The second-order valence-electron chi connectivity index (χ2n) is 5.37. The molecule has 1 saturated heterocycles. The Balaban J connectivity index is 2.11. The van der Waals surface area contributed by atoms with Crippen LogP contribution in [0.15, 0.2) is 34.2 Å². The Kier molecular flexibility index (Phi) is 2.38. The normalized spacial score (nSPS) is 35.6. The van der Waals surface area contributed by atoms with Gasteiger partial charge < -0.3 is 14.3 Å². The fourth-order valence-electron chi connectivity index (χ4n) is 3.21. The highest BCUT2D eigenvalue weighted by Gasteiger charge is 2.54. The molecule has 0 bridgehead atoms. The molecule has 4 heteroatoms. The van der Waals surface area contributed by atoms with E-state index in [9.17, 15) is 9.90 Å². The highest BCUT2D eigenvalue weighted by molar-refractivity contribution is 5.94. The Morgan fingerprint density at radius 3 is 2.94 bits per heavy atom. The summed E-state index contributed by atoms with van der Waals surface area (Å²) in [5.74, 6) is -0.306.